The van der Waals surface area contributed by atoms with Gasteiger partial charge in [-0.15, -0.1) is 0 Å². The molecular formula is C21H25N3O5. The minimum atomic E-state index is -0.167. The van der Waals surface area contributed by atoms with E-state index in [0.717, 1.165) is 5.56 Å². The van der Waals surface area contributed by atoms with Crippen LogP contribution >= 0.6 is 0 Å². The van der Waals surface area contributed by atoms with Gasteiger partial charge in [0.25, 0.3) is 5.91 Å². The van der Waals surface area contributed by atoms with Crippen LogP contribution in [0, 0.1) is 5.92 Å². The second-order valence-corrected chi connectivity index (χ2v) is 7.31. The van der Waals surface area contributed by atoms with Crippen LogP contribution in [0.5, 0.6) is 5.75 Å². The molecule has 2 aromatic rings. The van der Waals surface area contributed by atoms with Gasteiger partial charge in [-0.05, 0) is 25.0 Å². The molecule has 2 amide bonds. The zero-order valence-electron chi connectivity index (χ0n) is 16.5. The van der Waals surface area contributed by atoms with Gasteiger partial charge in [0.15, 0.2) is 11.5 Å². The van der Waals surface area contributed by atoms with Gasteiger partial charge in [-0.3, -0.25) is 9.59 Å². The van der Waals surface area contributed by atoms with E-state index < -0.39 is 0 Å². The lowest BCUT2D eigenvalue weighted by Gasteiger charge is -2.35. The zero-order valence-corrected chi connectivity index (χ0v) is 16.5. The maximum atomic E-state index is 12.8. The Morgan fingerprint density at radius 1 is 1.07 bits per heavy atom. The third-order valence-electron chi connectivity index (χ3n) is 5.54. The van der Waals surface area contributed by atoms with Crippen molar-refractivity contribution >= 4 is 11.8 Å². The number of hydrogen-bond acceptors (Lipinski definition) is 6. The number of rotatable bonds is 4. The van der Waals surface area contributed by atoms with Crippen molar-refractivity contribution in [3.05, 3.63) is 36.0 Å². The number of piperidine rings is 1. The quantitative estimate of drug-likeness (QED) is 0.782. The van der Waals surface area contributed by atoms with Crippen molar-refractivity contribution in [3.8, 4) is 17.1 Å². The molecule has 2 saturated heterocycles. The normalized spacial score (nSPS) is 18.0. The first-order valence-corrected chi connectivity index (χ1v) is 9.92. The summed E-state index contributed by atoms with van der Waals surface area (Å²) in [6, 6.07) is 9.06. The predicted octanol–water partition coefficient (Wildman–Crippen LogP) is 2.06. The summed E-state index contributed by atoms with van der Waals surface area (Å²) >= 11 is 0. The molecule has 3 heterocycles. The second kappa shape index (κ2) is 8.65. The smallest absolute Gasteiger partial charge is 0.276 e. The maximum Gasteiger partial charge on any atom is 0.276 e. The fourth-order valence-electron chi connectivity index (χ4n) is 3.82. The Bertz CT molecular complexity index is 867. The average Bonchev–Trinajstić information content (AvgIpc) is 3.29. The number of benzene rings is 1. The molecule has 2 fully saturated rings. The lowest BCUT2D eigenvalue weighted by Crippen LogP contribution is -2.47. The number of ether oxygens (including phenoxy) is 2. The first-order chi connectivity index (χ1) is 14.2. The molecular weight excluding hydrogens is 374 g/mol. The van der Waals surface area contributed by atoms with Crippen molar-refractivity contribution in [2.24, 2.45) is 5.92 Å². The Morgan fingerprint density at radius 2 is 1.83 bits per heavy atom. The molecule has 0 atom stereocenters. The number of aromatic nitrogens is 1. The Kier molecular flexibility index (Phi) is 5.80. The standard InChI is InChI=1S/C21H25N3O5/c1-27-17-4-2-3-16(13-17)19-14-18(22-29-19)21(26)23-7-5-15(6-8-23)20(25)24-9-11-28-12-10-24/h2-4,13-15H,5-12H2,1H3. The van der Waals surface area contributed by atoms with Crippen LogP contribution in [0.25, 0.3) is 11.3 Å². The summed E-state index contributed by atoms with van der Waals surface area (Å²) in [7, 11) is 1.60. The Balaban J connectivity index is 1.36. The van der Waals surface area contributed by atoms with Crippen molar-refractivity contribution < 1.29 is 23.6 Å². The van der Waals surface area contributed by atoms with E-state index in [4.69, 9.17) is 14.0 Å². The first-order valence-electron chi connectivity index (χ1n) is 9.92. The van der Waals surface area contributed by atoms with Gasteiger partial charge in [-0.2, -0.15) is 0 Å². The minimum absolute atomic E-state index is 0.0261. The summed E-state index contributed by atoms with van der Waals surface area (Å²) < 4.78 is 15.9. The highest BCUT2D eigenvalue weighted by molar-refractivity contribution is 5.93. The number of carbonyl (C=O) groups is 2. The van der Waals surface area contributed by atoms with Gasteiger partial charge >= 0.3 is 0 Å². The van der Waals surface area contributed by atoms with Gasteiger partial charge in [-0.25, -0.2) is 0 Å². The second-order valence-electron chi connectivity index (χ2n) is 7.31. The molecule has 154 valence electrons. The SMILES string of the molecule is COc1cccc(-c2cc(C(=O)N3CCC(C(=O)N4CCOCC4)CC3)no2)c1. The summed E-state index contributed by atoms with van der Waals surface area (Å²) in [6.07, 6.45) is 1.34. The fourth-order valence-corrected chi connectivity index (χ4v) is 3.82. The number of hydrogen-bond donors (Lipinski definition) is 0. The minimum Gasteiger partial charge on any atom is -0.497 e. The van der Waals surface area contributed by atoms with Crippen LogP contribution in [0.3, 0.4) is 0 Å². The average molecular weight is 399 g/mol. The molecule has 2 aliphatic heterocycles. The van der Waals surface area contributed by atoms with E-state index in [-0.39, 0.29) is 23.4 Å². The number of morpholine rings is 1. The van der Waals surface area contributed by atoms with Crippen LogP contribution in [0.1, 0.15) is 23.3 Å². The first kappa shape index (κ1) is 19.4. The highest BCUT2D eigenvalue weighted by atomic mass is 16.5. The molecule has 29 heavy (non-hydrogen) atoms. The van der Waals surface area contributed by atoms with Crippen LogP contribution < -0.4 is 4.74 Å². The third kappa shape index (κ3) is 4.27. The maximum absolute atomic E-state index is 12.8. The lowest BCUT2D eigenvalue weighted by molar-refractivity contribution is -0.141. The molecule has 0 N–H and O–H groups in total. The number of likely N-dealkylation sites (tertiary alicyclic amines) is 1. The Hall–Kier alpha value is -2.87. The fraction of sp³-hybridized carbons (Fsp3) is 0.476. The van der Waals surface area contributed by atoms with E-state index in [1.165, 1.54) is 0 Å². The molecule has 0 saturated carbocycles. The van der Waals surface area contributed by atoms with Gasteiger partial charge in [0.2, 0.25) is 5.91 Å². The van der Waals surface area contributed by atoms with E-state index in [9.17, 15) is 9.59 Å². The molecule has 0 unspecified atom stereocenters. The zero-order chi connectivity index (χ0) is 20.2. The molecule has 0 aliphatic carbocycles. The van der Waals surface area contributed by atoms with Crippen molar-refractivity contribution in [1.29, 1.82) is 0 Å². The summed E-state index contributed by atoms with van der Waals surface area (Å²) in [5.41, 5.74) is 1.08. The van der Waals surface area contributed by atoms with Crippen molar-refractivity contribution in [3.63, 3.8) is 0 Å². The summed E-state index contributed by atoms with van der Waals surface area (Å²) in [6.45, 7) is 3.60. The molecule has 1 aromatic carbocycles. The topological polar surface area (TPSA) is 85.1 Å². The summed E-state index contributed by atoms with van der Waals surface area (Å²) in [5.74, 6) is 1.22. The molecule has 4 rings (SSSR count). The van der Waals surface area contributed by atoms with Gasteiger partial charge in [0.05, 0.1) is 20.3 Å². The van der Waals surface area contributed by atoms with Crippen molar-refractivity contribution in [2.45, 2.75) is 12.8 Å². The van der Waals surface area contributed by atoms with E-state index in [1.54, 1.807) is 18.1 Å². The van der Waals surface area contributed by atoms with E-state index in [1.807, 2.05) is 29.2 Å². The predicted molar refractivity (Wildman–Crippen MR) is 105 cm³/mol. The van der Waals surface area contributed by atoms with Crippen LogP contribution in [-0.4, -0.2) is 73.3 Å². The van der Waals surface area contributed by atoms with Gasteiger partial charge < -0.3 is 23.8 Å². The number of nitrogens with zero attached hydrogens (tertiary/aromatic N) is 3. The van der Waals surface area contributed by atoms with Crippen molar-refractivity contribution in [2.75, 3.05) is 46.5 Å². The Morgan fingerprint density at radius 3 is 2.55 bits per heavy atom. The third-order valence-corrected chi connectivity index (χ3v) is 5.54. The van der Waals surface area contributed by atoms with E-state index in [0.29, 0.717) is 63.7 Å². The molecule has 0 bridgehead atoms. The molecule has 8 heteroatoms. The monoisotopic (exact) mass is 399 g/mol. The van der Waals surface area contributed by atoms with Crippen LogP contribution in [-0.2, 0) is 9.53 Å². The number of carbonyl (C=O) groups excluding carboxylic acids is 2. The molecule has 0 spiro atoms. The van der Waals surface area contributed by atoms with E-state index in [2.05, 4.69) is 5.16 Å². The van der Waals surface area contributed by atoms with Crippen LogP contribution in [0.15, 0.2) is 34.9 Å². The van der Waals surface area contributed by atoms with E-state index >= 15 is 0 Å². The van der Waals surface area contributed by atoms with Gasteiger partial charge in [0.1, 0.15) is 5.75 Å². The van der Waals surface area contributed by atoms with Crippen LogP contribution in [0.4, 0.5) is 0 Å². The summed E-state index contributed by atoms with van der Waals surface area (Å²) in [5, 5.41) is 3.95. The molecule has 8 nitrogen and oxygen atoms in total. The highest BCUT2D eigenvalue weighted by Gasteiger charge is 2.32. The lowest BCUT2D eigenvalue weighted by atomic mass is 9.95. The van der Waals surface area contributed by atoms with Gasteiger partial charge in [0, 0.05) is 43.7 Å². The Labute approximate surface area is 169 Å². The van der Waals surface area contributed by atoms with Crippen molar-refractivity contribution in [1.82, 2.24) is 15.0 Å². The molecule has 1 aromatic heterocycles. The summed E-state index contributed by atoms with van der Waals surface area (Å²) in [4.78, 5) is 29.1. The molecule has 0 radical (unpaired) electrons. The number of amides is 2. The number of methoxy groups -OCH3 is 1. The van der Waals surface area contributed by atoms with Gasteiger partial charge in [-0.1, -0.05) is 17.3 Å². The van der Waals surface area contributed by atoms with Crippen LogP contribution in [0.2, 0.25) is 0 Å². The molecule has 2 aliphatic rings. The largest absolute Gasteiger partial charge is 0.497 e. The highest BCUT2D eigenvalue weighted by Crippen LogP contribution is 2.26.